The zero-order valence-corrected chi connectivity index (χ0v) is 17.4. The normalized spacial score (nSPS) is 19.2. The Balaban J connectivity index is 1.76. The molecule has 29 heavy (non-hydrogen) atoms. The summed E-state index contributed by atoms with van der Waals surface area (Å²) in [4.78, 5) is 11.9. The lowest BCUT2D eigenvalue weighted by atomic mass is 10.0. The van der Waals surface area contributed by atoms with Gasteiger partial charge in [0, 0.05) is 19.5 Å². The molecule has 4 rings (SSSR count). The lowest BCUT2D eigenvalue weighted by Gasteiger charge is -2.29. The average Bonchev–Trinajstić information content (AvgIpc) is 2.99. The molecule has 0 unspecified atom stereocenters. The van der Waals surface area contributed by atoms with Crippen LogP contribution < -0.4 is 9.04 Å². The van der Waals surface area contributed by atoms with Crippen molar-refractivity contribution < 1.29 is 26.4 Å². The number of benzene rings is 2. The Bertz CT molecular complexity index is 1190. The number of carbonyl (C=O) groups is 1. The summed E-state index contributed by atoms with van der Waals surface area (Å²) in [7, 11) is -6.44. The second kappa shape index (κ2) is 7.12. The number of anilines is 1. The summed E-state index contributed by atoms with van der Waals surface area (Å²) in [5.41, 5.74) is 2.03. The minimum absolute atomic E-state index is 0.00397. The third kappa shape index (κ3) is 3.41. The van der Waals surface area contributed by atoms with Gasteiger partial charge in [0.2, 0.25) is 26.0 Å². The number of hydrogen-bond acceptors (Lipinski definition) is 6. The zero-order valence-electron chi connectivity index (χ0n) is 15.7. The van der Waals surface area contributed by atoms with E-state index in [4.69, 9.17) is 4.74 Å². The van der Waals surface area contributed by atoms with Gasteiger partial charge in [-0.05, 0) is 35.7 Å². The largest absolute Gasteiger partial charge is 0.495 e. The number of hydrogen-bond donors (Lipinski definition) is 0. The number of ether oxygens (including phenoxy) is 1. The molecule has 0 radical (unpaired) electrons. The molecule has 8 nitrogen and oxygen atoms in total. The summed E-state index contributed by atoms with van der Waals surface area (Å²) >= 11 is 0. The van der Waals surface area contributed by atoms with E-state index >= 15 is 0 Å². The van der Waals surface area contributed by atoms with Crippen LogP contribution in [0.2, 0.25) is 0 Å². The molecule has 0 aliphatic carbocycles. The van der Waals surface area contributed by atoms with Crippen molar-refractivity contribution in [2.24, 2.45) is 0 Å². The van der Waals surface area contributed by atoms with E-state index in [0.717, 1.165) is 11.1 Å². The lowest BCUT2D eigenvalue weighted by molar-refractivity contribution is -0.116. The second-order valence-electron chi connectivity index (χ2n) is 6.92. The van der Waals surface area contributed by atoms with Crippen molar-refractivity contribution in [2.75, 3.05) is 23.7 Å². The molecule has 154 valence electrons. The molecule has 10 heteroatoms. The van der Waals surface area contributed by atoms with Crippen molar-refractivity contribution in [1.29, 1.82) is 0 Å². The first kappa shape index (κ1) is 19.9. The van der Waals surface area contributed by atoms with E-state index in [1.807, 2.05) is 24.3 Å². The van der Waals surface area contributed by atoms with Crippen molar-refractivity contribution >= 4 is 31.6 Å². The molecule has 1 fully saturated rings. The molecule has 2 aromatic carbocycles. The van der Waals surface area contributed by atoms with E-state index in [1.54, 1.807) is 0 Å². The fourth-order valence-corrected chi connectivity index (χ4v) is 6.72. The molecular formula is C19H20N2O6S2. The first-order valence-corrected chi connectivity index (χ1v) is 12.1. The summed E-state index contributed by atoms with van der Waals surface area (Å²) < 4.78 is 58.5. The predicted molar refractivity (Wildman–Crippen MR) is 107 cm³/mol. The van der Waals surface area contributed by atoms with Gasteiger partial charge in [-0.15, -0.1) is 0 Å². The Morgan fingerprint density at radius 3 is 2.41 bits per heavy atom. The average molecular weight is 437 g/mol. The number of sulfonamides is 2. The van der Waals surface area contributed by atoms with Crippen LogP contribution in [0.5, 0.6) is 5.75 Å². The van der Waals surface area contributed by atoms with Crippen LogP contribution in [0.4, 0.5) is 5.69 Å². The highest BCUT2D eigenvalue weighted by Gasteiger charge is 2.38. The maximum Gasteiger partial charge on any atom is 0.247 e. The number of rotatable bonds is 4. The van der Waals surface area contributed by atoms with Gasteiger partial charge in [0.1, 0.15) is 10.6 Å². The molecule has 1 amide bonds. The molecule has 1 saturated heterocycles. The Morgan fingerprint density at radius 2 is 1.76 bits per heavy atom. The summed E-state index contributed by atoms with van der Waals surface area (Å²) in [6.07, 6.45) is 0.454. The molecule has 2 aliphatic rings. The maximum atomic E-state index is 13.4. The molecule has 0 spiro atoms. The Hall–Kier alpha value is -2.43. The lowest BCUT2D eigenvalue weighted by Crippen LogP contribution is -2.36. The standard InChI is InChI=1S/C19H20N2O6S2/c1-27-17-7-6-16(21-19(22)9-11-28(21,23)24)12-18(17)29(25,26)20-10-8-14-4-2-3-5-15(14)13-20/h2-7,12H,8-11,13H2,1H3. The highest BCUT2D eigenvalue weighted by atomic mass is 32.2. The van der Waals surface area contributed by atoms with Crippen LogP contribution >= 0.6 is 0 Å². The molecule has 0 atom stereocenters. The SMILES string of the molecule is COc1ccc(N2C(=O)CCS2(=O)=O)cc1S(=O)(=O)N1CCc2ccccc2C1. The number of carbonyl (C=O) groups excluding carboxylic acids is 1. The smallest absolute Gasteiger partial charge is 0.247 e. The molecule has 0 saturated carbocycles. The highest BCUT2D eigenvalue weighted by Crippen LogP contribution is 2.35. The Labute approximate surface area is 169 Å². The van der Waals surface area contributed by atoms with Crippen LogP contribution in [0.25, 0.3) is 0 Å². The molecule has 2 heterocycles. The van der Waals surface area contributed by atoms with E-state index in [-0.39, 0.29) is 35.1 Å². The van der Waals surface area contributed by atoms with Gasteiger partial charge in [-0.2, -0.15) is 4.31 Å². The monoisotopic (exact) mass is 436 g/mol. The van der Waals surface area contributed by atoms with E-state index < -0.39 is 26.0 Å². The number of nitrogens with zero attached hydrogens (tertiary/aromatic N) is 2. The molecule has 2 aliphatic heterocycles. The summed E-state index contributed by atoms with van der Waals surface area (Å²) in [6, 6.07) is 11.6. The highest BCUT2D eigenvalue weighted by molar-refractivity contribution is 7.94. The van der Waals surface area contributed by atoms with Gasteiger partial charge in [-0.3, -0.25) is 4.79 Å². The maximum absolute atomic E-state index is 13.4. The predicted octanol–water partition coefficient (Wildman–Crippen LogP) is 1.51. The van der Waals surface area contributed by atoms with Crippen LogP contribution in [0.15, 0.2) is 47.4 Å². The van der Waals surface area contributed by atoms with Crippen molar-refractivity contribution in [3.63, 3.8) is 0 Å². The summed E-state index contributed by atoms with van der Waals surface area (Å²) in [6.45, 7) is 0.514. The van der Waals surface area contributed by atoms with Gasteiger partial charge in [0.25, 0.3) is 0 Å². The van der Waals surface area contributed by atoms with Gasteiger partial charge >= 0.3 is 0 Å². The Morgan fingerprint density at radius 1 is 1.03 bits per heavy atom. The van der Waals surface area contributed by atoms with Crippen molar-refractivity contribution in [3.8, 4) is 5.75 Å². The summed E-state index contributed by atoms with van der Waals surface area (Å²) in [5.74, 6) is -0.773. The first-order chi connectivity index (χ1) is 13.7. The number of fused-ring (bicyclic) bond motifs is 1. The van der Waals surface area contributed by atoms with Crippen LogP contribution in [0.1, 0.15) is 17.5 Å². The van der Waals surface area contributed by atoms with Crippen molar-refractivity contribution in [1.82, 2.24) is 4.31 Å². The minimum atomic E-state index is -3.98. The van der Waals surface area contributed by atoms with Crippen LogP contribution in [-0.2, 0) is 37.8 Å². The van der Waals surface area contributed by atoms with Crippen LogP contribution in [0.3, 0.4) is 0 Å². The van der Waals surface area contributed by atoms with E-state index in [2.05, 4.69) is 0 Å². The fourth-order valence-electron chi connectivity index (χ4n) is 3.68. The topological polar surface area (TPSA) is 101 Å². The van der Waals surface area contributed by atoms with Gasteiger partial charge in [0.05, 0.1) is 18.6 Å². The van der Waals surface area contributed by atoms with Crippen molar-refractivity contribution in [3.05, 3.63) is 53.6 Å². The van der Waals surface area contributed by atoms with Gasteiger partial charge in [0.15, 0.2) is 0 Å². The van der Waals surface area contributed by atoms with Crippen LogP contribution in [0, 0.1) is 0 Å². The van der Waals surface area contributed by atoms with Crippen LogP contribution in [-0.4, -0.2) is 46.5 Å². The molecule has 0 bridgehead atoms. The molecule has 2 aromatic rings. The number of amides is 1. The second-order valence-corrected chi connectivity index (χ2v) is 10.8. The van der Waals surface area contributed by atoms with Gasteiger partial charge in [-0.1, -0.05) is 24.3 Å². The fraction of sp³-hybridized carbons (Fsp3) is 0.316. The molecular weight excluding hydrogens is 416 g/mol. The summed E-state index contributed by atoms with van der Waals surface area (Å²) in [5, 5.41) is 0. The third-order valence-corrected chi connectivity index (χ3v) is 8.73. The minimum Gasteiger partial charge on any atom is -0.495 e. The van der Waals surface area contributed by atoms with Gasteiger partial charge in [-0.25, -0.2) is 21.1 Å². The van der Waals surface area contributed by atoms with Gasteiger partial charge < -0.3 is 4.74 Å². The Kier molecular flexibility index (Phi) is 4.88. The van der Waals surface area contributed by atoms with E-state index in [9.17, 15) is 21.6 Å². The third-order valence-electron chi connectivity index (χ3n) is 5.17. The van der Waals surface area contributed by atoms with E-state index in [1.165, 1.54) is 29.6 Å². The van der Waals surface area contributed by atoms with Crippen molar-refractivity contribution in [2.45, 2.75) is 24.3 Å². The number of methoxy groups -OCH3 is 1. The quantitative estimate of drug-likeness (QED) is 0.720. The molecule has 0 N–H and O–H groups in total. The first-order valence-electron chi connectivity index (χ1n) is 9.05. The van der Waals surface area contributed by atoms with E-state index in [0.29, 0.717) is 17.3 Å². The molecule has 0 aromatic heterocycles. The zero-order chi connectivity index (χ0) is 20.8.